The Morgan fingerprint density at radius 1 is 1.22 bits per heavy atom. The van der Waals surface area contributed by atoms with Gasteiger partial charge in [0.1, 0.15) is 11.3 Å². The van der Waals surface area contributed by atoms with Crippen LogP contribution in [0.3, 0.4) is 0 Å². The van der Waals surface area contributed by atoms with Crippen LogP contribution >= 0.6 is 15.9 Å². The van der Waals surface area contributed by atoms with Gasteiger partial charge >= 0.3 is 12.0 Å². The molecule has 3 heterocycles. The minimum Gasteiger partial charge on any atom is -0.493 e. The van der Waals surface area contributed by atoms with Crippen molar-refractivity contribution in [3.63, 3.8) is 0 Å². The molecular formula is C24H23BrN2O5. The molecule has 7 nitrogen and oxygen atoms in total. The zero-order valence-electron chi connectivity index (χ0n) is 18.0. The second-order valence-electron chi connectivity index (χ2n) is 8.61. The van der Waals surface area contributed by atoms with E-state index in [0.717, 1.165) is 15.6 Å². The third-order valence-corrected chi connectivity index (χ3v) is 7.30. The smallest absolute Gasteiger partial charge is 0.332 e. The molecule has 0 N–H and O–H groups in total. The normalized spacial score (nSPS) is 28.2. The standard InChI is InChI=1S/C24H23BrN2O5/c1-4-31-21(28)19-17-12-32-18-10-7-14(25)11-16(18)20(17)27-23(30)26(22(29)24(19,27)3)15-8-5-13(2)6-9-15/h5-11,17,19-20H,4,12H2,1-3H3/t17-,19+,20-,24+/m1/s1. The topological polar surface area (TPSA) is 76.2 Å². The van der Waals surface area contributed by atoms with E-state index in [-0.39, 0.29) is 13.2 Å². The van der Waals surface area contributed by atoms with Gasteiger partial charge in [0.05, 0.1) is 30.9 Å². The summed E-state index contributed by atoms with van der Waals surface area (Å²) < 4.78 is 12.2. The minimum absolute atomic E-state index is 0.190. The van der Waals surface area contributed by atoms with E-state index in [0.29, 0.717) is 11.4 Å². The highest BCUT2D eigenvalue weighted by Gasteiger charge is 2.72. The highest BCUT2D eigenvalue weighted by atomic mass is 79.9. The van der Waals surface area contributed by atoms with Crippen molar-refractivity contribution >= 4 is 39.5 Å². The Balaban J connectivity index is 1.69. The van der Waals surface area contributed by atoms with Crippen molar-refractivity contribution < 1.29 is 23.9 Å². The first-order valence-corrected chi connectivity index (χ1v) is 11.4. The van der Waals surface area contributed by atoms with Crippen LogP contribution in [0, 0.1) is 18.8 Å². The first-order valence-electron chi connectivity index (χ1n) is 10.6. The monoisotopic (exact) mass is 498 g/mol. The lowest BCUT2D eigenvalue weighted by Gasteiger charge is -2.34. The first-order chi connectivity index (χ1) is 15.3. The van der Waals surface area contributed by atoms with Gasteiger partial charge in [-0.05, 0) is 51.1 Å². The van der Waals surface area contributed by atoms with Gasteiger partial charge in [-0.15, -0.1) is 0 Å². The summed E-state index contributed by atoms with van der Waals surface area (Å²) in [6.45, 7) is 5.76. The second kappa shape index (κ2) is 7.33. The molecule has 2 saturated heterocycles. The predicted molar refractivity (Wildman–Crippen MR) is 120 cm³/mol. The van der Waals surface area contributed by atoms with Gasteiger partial charge < -0.3 is 14.4 Å². The fraction of sp³-hybridized carbons (Fsp3) is 0.375. The van der Waals surface area contributed by atoms with Gasteiger partial charge in [0.2, 0.25) is 0 Å². The van der Waals surface area contributed by atoms with Crippen molar-refractivity contribution in [2.24, 2.45) is 11.8 Å². The SMILES string of the molecule is CCOC(=O)[C@@H]1[C@H]2COc3ccc(Br)cc3[C@H]2N2C(=O)N(c3ccc(C)cc3)C(=O)[C@]12C. The third-order valence-electron chi connectivity index (χ3n) is 6.81. The van der Waals surface area contributed by atoms with E-state index >= 15 is 0 Å². The summed E-state index contributed by atoms with van der Waals surface area (Å²) in [6.07, 6.45) is 0. The number of halogens is 1. The van der Waals surface area contributed by atoms with Gasteiger partial charge in [-0.2, -0.15) is 0 Å². The van der Waals surface area contributed by atoms with Crippen molar-refractivity contribution in [3.8, 4) is 5.75 Å². The maximum atomic E-state index is 13.9. The molecule has 0 radical (unpaired) electrons. The van der Waals surface area contributed by atoms with Crippen molar-refractivity contribution in [2.75, 3.05) is 18.1 Å². The quantitative estimate of drug-likeness (QED) is 0.467. The molecule has 4 atom stereocenters. The van der Waals surface area contributed by atoms with Gasteiger partial charge in [0.25, 0.3) is 5.91 Å². The summed E-state index contributed by atoms with van der Waals surface area (Å²) in [6, 6.07) is 11.9. The van der Waals surface area contributed by atoms with E-state index in [2.05, 4.69) is 15.9 Å². The number of hydrogen-bond acceptors (Lipinski definition) is 5. The van der Waals surface area contributed by atoms with E-state index in [4.69, 9.17) is 9.47 Å². The molecule has 2 aromatic rings. The average molecular weight is 499 g/mol. The molecule has 0 unspecified atom stereocenters. The lowest BCUT2D eigenvalue weighted by atomic mass is 9.77. The van der Waals surface area contributed by atoms with E-state index < -0.39 is 41.3 Å². The molecule has 0 saturated carbocycles. The number of nitrogens with zero attached hydrogens (tertiary/aromatic N) is 2. The third kappa shape index (κ3) is 2.75. The lowest BCUT2D eigenvalue weighted by Crippen LogP contribution is -2.51. The Morgan fingerprint density at radius 3 is 2.62 bits per heavy atom. The zero-order valence-corrected chi connectivity index (χ0v) is 19.6. The number of ether oxygens (including phenoxy) is 2. The van der Waals surface area contributed by atoms with Gasteiger partial charge in [0.15, 0.2) is 0 Å². The van der Waals surface area contributed by atoms with Crippen LogP contribution < -0.4 is 9.64 Å². The lowest BCUT2D eigenvalue weighted by molar-refractivity contribution is -0.154. The molecule has 2 aromatic carbocycles. The zero-order chi connectivity index (χ0) is 22.8. The maximum Gasteiger partial charge on any atom is 0.332 e. The number of anilines is 1. The number of carbonyl (C=O) groups is 3. The Kier molecular flexibility index (Phi) is 4.81. The summed E-state index contributed by atoms with van der Waals surface area (Å²) in [7, 11) is 0. The summed E-state index contributed by atoms with van der Waals surface area (Å²) in [5.74, 6) is -1.49. The summed E-state index contributed by atoms with van der Waals surface area (Å²) in [4.78, 5) is 43.6. The first kappa shape index (κ1) is 21.0. The highest BCUT2D eigenvalue weighted by Crippen LogP contribution is 2.58. The summed E-state index contributed by atoms with van der Waals surface area (Å²) >= 11 is 3.50. The van der Waals surface area contributed by atoms with Crippen LogP contribution in [0.2, 0.25) is 0 Å². The van der Waals surface area contributed by atoms with Crippen LogP contribution in [-0.4, -0.2) is 41.6 Å². The Labute approximate surface area is 194 Å². The highest BCUT2D eigenvalue weighted by molar-refractivity contribution is 9.10. The Bertz CT molecular complexity index is 1130. The molecule has 3 aliphatic heterocycles. The number of rotatable bonds is 3. The molecule has 0 bridgehead atoms. The van der Waals surface area contributed by atoms with Gasteiger partial charge in [0, 0.05) is 16.0 Å². The number of fused-ring (bicyclic) bond motifs is 5. The number of benzene rings is 2. The van der Waals surface area contributed by atoms with Gasteiger partial charge in [-0.25, -0.2) is 9.69 Å². The molecule has 0 aliphatic carbocycles. The molecule has 0 spiro atoms. The maximum absolute atomic E-state index is 13.9. The molecule has 8 heteroatoms. The average Bonchev–Trinajstić information content (AvgIpc) is 3.14. The number of amides is 3. The van der Waals surface area contributed by atoms with Crippen molar-refractivity contribution in [3.05, 3.63) is 58.1 Å². The van der Waals surface area contributed by atoms with Crippen LogP contribution in [0.4, 0.5) is 10.5 Å². The molecule has 166 valence electrons. The molecule has 3 amide bonds. The van der Waals surface area contributed by atoms with Crippen molar-refractivity contribution in [2.45, 2.75) is 32.4 Å². The molecule has 3 aliphatic rings. The fourth-order valence-electron chi connectivity index (χ4n) is 5.39. The van der Waals surface area contributed by atoms with E-state index in [9.17, 15) is 14.4 Å². The number of imide groups is 1. The Morgan fingerprint density at radius 2 is 1.94 bits per heavy atom. The van der Waals surface area contributed by atoms with E-state index in [1.807, 2.05) is 37.3 Å². The van der Waals surface area contributed by atoms with Crippen LogP contribution in [-0.2, 0) is 14.3 Å². The van der Waals surface area contributed by atoms with Gasteiger partial charge in [-0.3, -0.25) is 9.59 Å². The van der Waals surface area contributed by atoms with Gasteiger partial charge in [-0.1, -0.05) is 33.6 Å². The summed E-state index contributed by atoms with van der Waals surface area (Å²) in [5.41, 5.74) is 0.909. The molecule has 0 aromatic heterocycles. The van der Waals surface area contributed by atoms with Crippen molar-refractivity contribution in [1.29, 1.82) is 0 Å². The molecule has 5 rings (SSSR count). The van der Waals surface area contributed by atoms with E-state index in [1.54, 1.807) is 30.9 Å². The second-order valence-corrected chi connectivity index (χ2v) is 9.52. The largest absolute Gasteiger partial charge is 0.493 e. The number of carbonyl (C=O) groups excluding carboxylic acids is 3. The molecule has 32 heavy (non-hydrogen) atoms. The number of aryl methyl sites for hydroxylation is 1. The number of hydrogen-bond donors (Lipinski definition) is 0. The van der Waals surface area contributed by atoms with Crippen LogP contribution in [0.25, 0.3) is 0 Å². The molecular weight excluding hydrogens is 476 g/mol. The fourth-order valence-corrected chi connectivity index (χ4v) is 5.77. The van der Waals surface area contributed by atoms with Crippen LogP contribution in [0.5, 0.6) is 5.75 Å². The summed E-state index contributed by atoms with van der Waals surface area (Å²) in [5, 5.41) is 0. The van der Waals surface area contributed by atoms with Crippen molar-refractivity contribution in [1.82, 2.24) is 4.90 Å². The van der Waals surface area contributed by atoms with E-state index in [1.165, 1.54) is 4.90 Å². The molecule has 2 fully saturated rings. The number of urea groups is 1. The predicted octanol–water partition coefficient (Wildman–Crippen LogP) is 4.23. The minimum atomic E-state index is -1.38. The van der Waals surface area contributed by atoms with Crippen LogP contribution in [0.1, 0.15) is 31.0 Å². The Hall–Kier alpha value is -2.87. The van der Waals surface area contributed by atoms with Crippen LogP contribution in [0.15, 0.2) is 46.9 Å². The number of esters is 1.